The second kappa shape index (κ2) is 5.38. The topological polar surface area (TPSA) is 69.6 Å². The van der Waals surface area contributed by atoms with Gasteiger partial charge in [0, 0.05) is 12.1 Å². The van der Waals surface area contributed by atoms with Crippen LogP contribution < -0.4 is 5.32 Å². The fraction of sp³-hybridized carbons (Fsp3) is 0.833. The third-order valence-electron chi connectivity index (χ3n) is 3.12. The molecular weight excluding hydrogens is 220 g/mol. The molecule has 0 radical (unpaired) electrons. The molecule has 2 N–H and O–H groups in total. The van der Waals surface area contributed by atoms with Crippen molar-refractivity contribution in [2.24, 2.45) is 5.92 Å². The molecule has 0 aliphatic heterocycles. The number of urea groups is 1. The molecule has 1 fully saturated rings. The molecule has 0 aromatic heterocycles. The van der Waals surface area contributed by atoms with Crippen LogP contribution in [0.15, 0.2) is 0 Å². The molecule has 0 unspecified atom stereocenters. The van der Waals surface area contributed by atoms with Crippen molar-refractivity contribution >= 4 is 12.0 Å². The summed E-state index contributed by atoms with van der Waals surface area (Å²) in [7, 11) is 0. The number of aliphatic carboxylic acids is 1. The summed E-state index contributed by atoms with van der Waals surface area (Å²) in [6.07, 6.45) is 3.00. The quantitative estimate of drug-likeness (QED) is 0.744. The van der Waals surface area contributed by atoms with Gasteiger partial charge >= 0.3 is 12.0 Å². The van der Waals surface area contributed by atoms with Crippen LogP contribution in [0.4, 0.5) is 4.79 Å². The number of carboxylic acids is 1. The Morgan fingerprint density at radius 2 is 2.00 bits per heavy atom. The van der Waals surface area contributed by atoms with Gasteiger partial charge in [-0.1, -0.05) is 6.92 Å². The lowest BCUT2D eigenvalue weighted by Crippen LogP contribution is -2.51. The van der Waals surface area contributed by atoms with E-state index in [-0.39, 0.29) is 18.1 Å². The van der Waals surface area contributed by atoms with Gasteiger partial charge in [-0.05, 0) is 39.0 Å². The molecule has 0 heterocycles. The molecule has 0 aromatic carbocycles. The summed E-state index contributed by atoms with van der Waals surface area (Å²) in [5, 5.41) is 11.7. The van der Waals surface area contributed by atoms with Crippen molar-refractivity contribution < 1.29 is 14.7 Å². The highest BCUT2D eigenvalue weighted by Gasteiger charge is 2.29. The summed E-state index contributed by atoms with van der Waals surface area (Å²) in [5.74, 6) is -0.472. The Balaban J connectivity index is 2.54. The Kier molecular flexibility index (Phi) is 4.37. The van der Waals surface area contributed by atoms with E-state index < -0.39 is 5.97 Å². The summed E-state index contributed by atoms with van der Waals surface area (Å²) >= 11 is 0. The molecule has 5 nitrogen and oxygen atoms in total. The molecule has 0 saturated heterocycles. The summed E-state index contributed by atoms with van der Waals surface area (Å²) in [6, 6.07) is -0.272. The highest BCUT2D eigenvalue weighted by Crippen LogP contribution is 2.29. The first-order valence-electron chi connectivity index (χ1n) is 6.13. The number of nitrogens with one attached hydrogen (secondary N) is 1. The van der Waals surface area contributed by atoms with Crippen molar-refractivity contribution in [1.29, 1.82) is 0 Å². The molecule has 1 saturated carbocycles. The number of carbonyl (C=O) groups excluding carboxylic acids is 1. The average molecular weight is 242 g/mol. The third-order valence-corrected chi connectivity index (χ3v) is 3.12. The molecule has 0 bridgehead atoms. The number of carboxylic acid groups (broad SMARTS) is 1. The second-order valence-corrected chi connectivity index (χ2v) is 5.39. The van der Waals surface area contributed by atoms with E-state index in [1.165, 1.54) is 4.90 Å². The van der Waals surface area contributed by atoms with E-state index >= 15 is 0 Å². The minimum absolute atomic E-state index is 0.220. The predicted octanol–water partition coefficient (Wildman–Crippen LogP) is 1.68. The van der Waals surface area contributed by atoms with Crippen LogP contribution in [0, 0.1) is 5.92 Å². The molecule has 0 spiro atoms. The zero-order valence-electron chi connectivity index (χ0n) is 10.8. The first kappa shape index (κ1) is 13.8. The van der Waals surface area contributed by atoms with E-state index in [4.69, 9.17) is 5.11 Å². The van der Waals surface area contributed by atoms with Crippen LogP contribution in [0.1, 0.15) is 40.0 Å². The molecule has 17 heavy (non-hydrogen) atoms. The molecular formula is C12H22N2O3. The van der Waals surface area contributed by atoms with Crippen molar-refractivity contribution in [3.05, 3.63) is 0 Å². The van der Waals surface area contributed by atoms with Gasteiger partial charge in [-0.2, -0.15) is 0 Å². The van der Waals surface area contributed by atoms with Gasteiger partial charge in [0.2, 0.25) is 0 Å². The van der Waals surface area contributed by atoms with E-state index in [0.29, 0.717) is 12.5 Å². The molecule has 1 rings (SSSR count). The van der Waals surface area contributed by atoms with Crippen LogP contribution in [-0.4, -0.2) is 40.6 Å². The van der Waals surface area contributed by atoms with E-state index in [2.05, 4.69) is 5.32 Å². The van der Waals surface area contributed by atoms with E-state index in [0.717, 1.165) is 19.3 Å². The van der Waals surface area contributed by atoms with Gasteiger partial charge in [0.1, 0.15) is 6.54 Å². The first-order chi connectivity index (χ1) is 7.84. The number of nitrogens with zero attached hydrogens (tertiary/aromatic N) is 1. The maximum atomic E-state index is 12.0. The largest absolute Gasteiger partial charge is 0.480 e. The van der Waals surface area contributed by atoms with Crippen molar-refractivity contribution in [3.8, 4) is 0 Å². The summed E-state index contributed by atoms with van der Waals surface area (Å²) in [5.41, 5.74) is -0.294. The average Bonchev–Trinajstić information content (AvgIpc) is 2.99. The normalized spacial score (nSPS) is 15.5. The summed E-state index contributed by atoms with van der Waals surface area (Å²) in [6.45, 7) is 6.19. The van der Waals surface area contributed by atoms with Gasteiger partial charge in [-0.3, -0.25) is 4.79 Å². The Morgan fingerprint density at radius 3 is 2.41 bits per heavy atom. The smallest absolute Gasteiger partial charge is 0.323 e. The minimum Gasteiger partial charge on any atom is -0.480 e. The SMILES string of the molecule is CCC(C)(C)NC(=O)N(CC(=O)O)CC1CC1. The molecule has 5 heteroatoms. The lowest BCUT2D eigenvalue weighted by molar-refractivity contribution is -0.137. The zero-order chi connectivity index (χ0) is 13.1. The Morgan fingerprint density at radius 1 is 1.41 bits per heavy atom. The van der Waals surface area contributed by atoms with Crippen LogP contribution >= 0.6 is 0 Å². The summed E-state index contributed by atoms with van der Waals surface area (Å²) < 4.78 is 0. The number of hydrogen-bond donors (Lipinski definition) is 2. The van der Waals surface area contributed by atoms with Gasteiger partial charge in [0.05, 0.1) is 0 Å². The van der Waals surface area contributed by atoms with Gasteiger partial charge in [0.15, 0.2) is 0 Å². The third kappa shape index (κ3) is 5.06. The van der Waals surface area contributed by atoms with Crippen molar-refractivity contribution in [2.45, 2.75) is 45.6 Å². The Hall–Kier alpha value is -1.26. The maximum absolute atomic E-state index is 12.0. The fourth-order valence-corrected chi connectivity index (χ4v) is 1.45. The predicted molar refractivity (Wildman–Crippen MR) is 64.8 cm³/mol. The van der Waals surface area contributed by atoms with Crippen LogP contribution in [-0.2, 0) is 4.79 Å². The first-order valence-corrected chi connectivity index (χ1v) is 6.13. The molecule has 2 amide bonds. The molecule has 98 valence electrons. The molecule has 1 aliphatic rings. The molecule has 0 aromatic rings. The van der Waals surface area contributed by atoms with Gasteiger partial charge in [0.25, 0.3) is 0 Å². The van der Waals surface area contributed by atoms with Crippen molar-refractivity contribution in [3.63, 3.8) is 0 Å². The Bertz CT molecular complexity index is 298. The van der Waals surface area contributed by atoms with E-state index in [9.17, 15) is 9.59 Å². The maximum Gasteiger partial charge on any atom is 0.323 e. The lowest BCUT2D eigenvalue weighted by Gasteiger charge is -2.29. The lowest BCUT2D eigenvalue weighted by atomic mass is 10.0. The minimum atomic E-state index is -0.963. The van der Waals surface area contributed by atoms with Crippen molar-refractivity contribution in [2.75, 3.05) is 13.1 Å². The molecule has 1 aliphatic carbocycles. The van der Waals surface area contributed by atoms with Gasteiger partial charge in [-0.15, -0.1) is 0 Å². The van der Waals surface area contributed by atoms with Crippen molar-refractivity contribution in [1.82, 2.24) is 10.2 Å². The van der Waals surface area contributed by atoms with Gasteiger partial charge in [-0.25, -0.2) is 4.79 Å². The summed E-state index contributed by atoms with van der Waals surface area (Å²) in [4.78, 5) is 24.1. The fourth-order valence-electron chi connectivity index (χ4n) is 1.45. The zero-order valence-corrected chi connectivity index (χ0v) is 10.8. The number of hydrogen-bond acceptors (Lipinski definition) is 2. The number of amides is 2. The number of carbonyl (C=O) groups is 2. The van der Waals surface area contributed by atoms with Crippen LogP contribution in [0.3, 0.4) is 0 Å². The Labute approximate surface area is 102 Å². The number of rotatable bonds is 6. The standard InChI is InChI=1S/C12H22N2O3/c1-4-12(2,3)13-11(17)14(8-10(15)16)7-9-5-6-9/h9H,4-8H2,1-3H3,(H,13,17)(H,15,16). The van der Waals surface area contributed by atoms with Crippen LogP contribution in [0.5, 0.6) is 0 Å². The monoisotopic (exact) mass is 242 g/mol. The van der Waals surface area contributed by atoms with E-state index in [1.54, 1.807) is 0 Å². The molecule has 0 atom stereocenters. The van der Waals surface area contributed by atoms with Crippen LogP contribution in [0.25, 0.3) is 0 Å². The van der Waals surface area contributed by atoms with Crippen LogP contribution in [0.2, 0.25) is 0 Å². The second-order valence-electron chi connectivity index (χ2n) is 5.39. The highest BCUT2D eigenvalue weighted by molar-refractivity contribution is 5.80. The van der Waals surface area contributed by atoms with Gasteiger partial charge < -0.3 is 15.3 Å². The van der Waals surface area contributed by atoms with E-state index in [1.807, 2.05) is 20.8 Å². The highest BCUT2D eigenvalue weighted by atomic mass is 16.4.